The summed E-state index contributed by atoms with van der Waals surface area (Å²) in [4.78, 5) is 18.1. The van der Waals surface area contributed by atoms with Gasteiger partial charge in [-0.1, -0.05) is 6.42 Å². The molecule has 2 atom stereocenters. The Balaban J connectivity index is 1.51. The molecule has 2 fully saturated rings. The van der Waals surface area contributed by atoms with Gasteiger partial charge in [-0.2, -0.15) is 0 Å². The molecule has 0 aromatic carbocycles. The Hall–Kier alpha value is -0.980. The van der Waals surface area contributed by atoms with Crippen LogP contribution in [0, 0.1) is 5.92 Å². The summed E-state index contributed by atoms with van der Waals surface area (Å²) in [6.07, 6.45) is 5.20. The summed E-state index contributed by atoms with van der Waals surface area (Å²) in [6, 6.07) is 0.364. The minimum atomic E-state index is -0.147. The predicted molar refractivity (Wildman–Crippen MR) is 83.4 cm³/mol. The van der Waals surface area contributed by atoms with Crippen molar-refractivity contribution in [1.82, 2.24) is 10.3 Å². The molecular weight excluding hydrogens is 286 g/mol. The maximum atomic E-state index is 11.7. The van der Waals surface area contributed by atoms with Crippen LogP contribution < -0.4 is 10.2 Å². The van der Waals surface area contributed by atoms with Gasteiger partial charge in [0.05, 0.1) is 11.8 Å². The number of hydrogen-bond acceptors (Lipinski definition) is 5. The topological polar surface area (TPSA) is 65.5 Å². The van der Waals surface area contributed by atoms with Crippen LogP contribution >= 0.6 is 11.3 Å². The fraction of sp³-hybridized carbons (Fsp3) is 0.733. The number of thiazole rings is 1. The molecule has 21 heavy (non-hydrogen) atoms. The summed E-state index contributed by atoms with van der Waals surface area (Å²) in [5.74, 6) is 0.462. The molecule has 2 aliphatic carbocycles. The number of carbonyl (C=O) groups excluding carboxylic acids is 1. The summed E-state index contributed by atoms with van der Waals surface area (Å²) in [6.45, 7) is 3.16. The van der Waals surface area contributed by atoms with Gasteiger partial charge in [0.15, 0.2) is 5.13 Å². The second-order valence-corrected chi connectivity index (χ2v) is 6.97. The number of rotatable bonds is 6. The van der Waals surface area contributed by atoms with E-state index in [9.17, 15) is 9.90 Å². The van der Waals surface area contributed by atoms with Gasteiger partial charge in [-0.15, -0.1) is 11.3 Å². The molecule has 1 aromatic rings. The Morgan fingerprint density at radius 2 is 2.29 bits per heavy atom. The van der Waals surface area contributed by atoms with E-state index >= 15 is 0 Å². The lowest BCUT2D eigenvalue weighted by molar-refractivity contribution is -0.116. The van der Waals surface area contributed by atoms with Crippen molar-refractivity contribution in [1.29, 1.82) is 0 Å². The zero-order chi connectivity index (χ0) is 14.8. The lowest BCUT2D eigenvalue weighted by Crippen LogP contribution is -2.30. The fourth-order valence-corrected chi connectivity index (χ4v) is 3.95. The minimum Gasteiger partial charge on any atom is -0.393 e. The Morgan fingerprint density at radius 1 is 1.48 bits per heavy atom. The lowest BCUT2D eigenvalue weighted by Gasteiger charge is -2.16. The summed E-state index contributed by atoms with van der Waals surface area (Å²) < 4.78 is 0. The average Bonchev–Trinajstić information content (AvgIpc) is 3.01. The highest BCUT2D eigenvalue weighted by molar-refractivity contribution is 7.14. The number of nitrogens with zero attached hydrogens (tertiary/aromatic N) is 2. The van der Waals surface area contributed by atoms with Gasteiger partial charge < -0.3 is 10.4 Å². The predicted octanol–water partition coefficient (Wildman–Crippen LogP) is 1.91. The van der Waals surface area contributed by atoms with Crippen molar-refractivity contribution in [2.24, 2.45) is 5.92 Å². The van der Waals surface area contributed by atoms with Crippen molar-refractivity contribution in [3.05, 3.63) is 11.1 Å². The standard InChI is InChI=1S/C15H23N3O2S/c1-10(19)18(13-5-6-13)15-17-12(9-21-15)8-16-7-11-3-2-4-14(11)20/h9,11,13-14,16,20H,2-8H2,1H3. The van der Waals surface area contributed by atoms with Crippen LogP contribution in [-0.4, -0.2) is 34.7 Å². The van der Waals surface area contributed by atoms with Gasteiger partial charge in [-0.3, -0.25) is 9.69 Å². The van der Waals surface area contributed by atoms with Gasteiger partial charge in [-0.25, -0.2) is 4.98 Å². The third-order valence-electron chi connectivity index (χ3n) is 4.33. The van der Waals surface area contributed by atoms with Crippen molar-refractivity contribution in [3.8, 4) is 0 Å². The van der Waals surface area contributed by atoms with Crippen LogP contribution in [0.4, 0.5) is 5.13 Å². The van der Waals surface area contributed by atoms with E-state index < -0.39 is 0 Å². The molecular formula is C15H23N3O2S. The minimum absolute atomic E-state index is 0.0837. The number of hydrogen-bond donors (Lipinski definition) is 2. The van der Waals surface area contributed by atoms with Crippen LogP contribution in [0.1, 0.15) is 44.7 Å². The van der Waals surface area contributed by atoms with E-state index in [4.69, 9.17) is 0 Å². The first kappa shape index (κ1) is 14.9. The molecule has 0 spiro atoms. The molecule has 2 aliphatic rings. The second kappa shape index (κ2) is 6.42. The first-order valence-corrected chi connectivity index (χ1v) is 8.66. The summed E-state index contributed by atoms with van der Waals surface area (Å²) >= 11 is 1.54. The van der Waals surface area contributed by atoms with Crippen molar-refractivity contribution < 1.29 is 9.90 Å². The molecule has 1 heterocycles. The molecule has 116 valence electrons. The number of aliphatic hydroxyl groups excluding tert-OH is 1. The van der Waals surface area contributed by atoms with Crippen LogP contribution in [0.2, 0.25) is 0 Å². The van der Waals surface area contributed by atoms with E-state index in [1.807, 2.05) is 10.3 Å². The van der Waals surface area contributed by atoms with Crippen LogP contribution in [0.15, 0.2) is 5.38 Å². The Kier molecular flexibility index (Phi) is 4.57. The third kappa shape index (κ3) is 3.62. The summed E-state index contributed by atoms with van der Waals surface area (Å²) in [5.41, 5.74) is 0.981. The molecule has 0 saturated heterocycles. The Morgan fingerprint density at radius 3 is 2.90 bits per heavy atom. The second-order valence-electron chi connectivity index (χ2n) is 6.13. The van der Waals surface area contributed by atoms with Crippen LogP contribution in [0.25, 0.3) is 0 Å². The van der Waals surface area contributed by atoms with Crippen LogP contribution in [0.5, 0.6) is 0 Å². The molecule has 2 N–H and O–H groups in total. The van der Waals surface area contributed by atoms with Crippen molar-refractivity contribution >= 4 is 22.4 Å². The van der Waals surface area contributed by atoms with E-state index in [0.717, 1.165) is 49.5 Å². The highest BCUT2D eigenvalue weighted by atomic mass is 32.1. The Labute approximate surface area is 129 Å². The van der Waals surface area contributed by atoms with E-state index in [1.165, 1.54) is 0 Å². The largest absolute Gasteiger partial charge is 0.393 e. The SMILES string of the molecule is CC(=O)N(c1nc(CNCC2CCCC2O)cs1)C1CC1. The number of aliphatic hydroxyl groups is 1. The van der Waals surface area contributed by atoms with Crippen molar-refractivity contribution in [2.75, 3.05) is 11.4 Å². The van der Waals surface area contributed by atoms with Crippen molar-refractivity contribution in [2.45, 2.75) is 57.7 Å². The molecule has 5 nitrogen and oxygen atoms in total. The molecule has 1 aromatic heterocycles. The van der Waals surface area contributed by atoms with Gasteiger partial charge in [0.25, 0.3) is 0 Å². The monoisotopic (exact) mass is 309 g/mol. The molecule has 2 unspecified atom stereocenters. The van der Waals surface area contributed by atoms with E-state index in [-0.39, 0.29) is 12.0 Å². The molecule has 3 rings (SSSR count). The van der Waals surface area contributed by atoms with Gasteiger partial charge in [0.2, 0.25) is 5.91 Å². The number of amides is 1. The maximum absolute atomic E-state index is 11.7. The zero-order valence-electron chi connectivity index (χ0n) is 12.4. The molecule has 1 amide bonds. The highest BCUT2D eigenvalue weighted by Crippen LogP contribution is 2.33. The molecule has 0 aliphatic heterocycles. The van der Waals surface area contributed by atoms with Gasteiger partial charge in [-0.05, 0) is 31.6 Å². The summed E-state index contributed by atoms with van der Waals surface area (Å²) in [5, 5.41) is 16.0. The smallest absolute Gasteiger partial charge is 0.225 e. The Bertz CT molecular complexity index is 501. The number of anilines is 1. The molecule has 0 radical (unpaired) electrons. The fourth-order valence-electron chi connectivity index (χ4n) is 3.01. The summed E-state index contributed by atoms with van der Waals surface area (Å²) in [7, 11) is 0. The lowest BCUT2D eigenvalue weighted by atomic mass is 10.1. The normalized spacial score (nSPS) is 25.2. The van der Waals surface area contributed by atoms with Gasteiger partial charge in [0, 0.05) is 31.4 Å². The van der Waals surface area contributed by atoms with Crippen LogP contribution in [-0.2, 0) is 11.3 Å². The first-order valence-electron chi connectivity index (χ1n) is 7.78. The first-order chi connectivity index (χ1) is 10.1. The average molecular weight is 309 g/mol. The highest BCUT2D eigenvalue weighted by Gasteiger charge is 2.33. The van der Waals surface area contributed by atoms with E-state index in [2.05, 4.69) is 10.3 Å². The van der Waals surface area contributed by atoms with E-state index in [1.54, 1.807) is 18.3 Å². The number of nitrogens with one attached hydrogen (secondary N) is 1. The quantitative estimate of drug-likeness (QED) is 0.842. The third-order valence-corrected chi connectivity index (χ3v) is 5.22. The molecule has 0 bridgehead atoms. The molecule has 2 saturated carbocycles. The van der Waals surface area contributed by atoms with Gasteiger partial charge in [0.1, 0.15) is 0 Å². The van der Waals surface area contributed by atoms with Crippen molar-refractivity contribution in [3.63, 3.8) is 0 Å². The molecule has 6 heteroatoms. The number of aromatic nitrogens is 1. The zero-order valence-corrected chi connectivity index (χ0v) is 13.2. The maximum Gasteiger partial charge on any atom is 0.225 e. The van der Waals surface area contributed by atoms with E-state index in [0.29, 0.717) is 18.5 Å². The van der Waals surface area contributed by atoms with Gasteiger partial charge >= 0.3 is 0 Å². The number of carbonyl (C=O) groups is 1. The van der Waals surface area contributed by atoms with Crippen LogP contribution in [0.3, 0.4) is 0 Å².